The van der Waals surface area contributed by atoms with Crippen LogP contribution in [0, 0.1) is 0 Å². The minimum atomic E-state index is -0.360. The number of primary amides is 1. The Bertz CT molecular complexity index is 560. The van der Waals surface area contributed by atoms with E-state index in [4.69, 9.17) is 17.3 Å². The number of rotatable bonds is 6. The first kappa shape index (κ1) is 14.6. The maximum Gasteiger partial charge on any atom is 0.227 e. The van der Waals surface area contributed by atoms with E-state index < -0.39 is 0 Å². The van der Waals surface area contributed by atoms with Crippen LogP contribution in [0.25, 0.3) is 0 Å². The van der Waals surface area contributed by atoms with Crippen LogP contribution >= 0.6 is 46.5 Å². The molecule has 2 rings (SSSR count). The van der Waals surface area contributed by atoms with E-state index in [0.717, 1.165) is 20.0 Å². The molecule has 0 saturated carbocycles. The Labute approximate surface area is 127 Å². The van der Waals surface area contributed by atoms with E-state index in [9.17, 15) is 4.79 Å². The summed E-state index contributed by atoms with van der Waals surface area (Å²) in [4.78, 5) is 14.7. The molecule has 0 aliphatic rings. The maximum atomic E-state index is 10.7. The zero-order chi connectivity index (χ0) is 13.7. The average molecular weight is 333 g/mol. The highest BCUT2D eigenvalue weighted by atomic mass is 35.5. The highest BCUT2D eigenvalue weighted by Gasteiger charge is 2.07. The zero-order valence-electron chi connectivity index (χ0n) is 9.58. The number of amides is 1. The van der Waals surface area contributed by atoms with Crippen molar-refractivity contribution in [3.63, 3.8) is 0 Å². The molecule has 0 saturated heterocycles. The van der Waals surface area contributed by atoms with Gasteiger partial charge in [-0.15, -0.1) is 10.2 Å². The molecule has 19 heavy (non-hydrogen) atoms. The molecular weight excluding hydrogens is 324 g/mol. The van der Waals surface area contributed by atoms with Crippen LogP contribution in [-0.2, 0) is 10.5 Å². The highest BCUT2D eigenvalue weighted by Crippen LogP contribution is 2.30. The van der Waals surface area contributed by atoms with E-state index in [2.05, 4.69) is 15.2 Å². The second-order valence-electron chi connectivity index (χ2n) is 3.37. The zero-order valence-corrected chi connectivity index (χ0v) is 12.8. The van der Waals surface area contributed by atoms with Gasteiger partial charge in [-0.3, -0.25) is 4.79 Å². The van der Waals surface area contributed by atoms with Crippen LogP contribution in [0.4, 0.5) is 0 Å². The predicted molar refractivity (Wildman–Crippen MR) is 78.6 cm³/mol. The summed E-state index contributed by atoms with van der Waals surface area (Å²) in [7, 11) is 0. The molecule has 0 unspecified atom stereocenters. The van der Waals surface area contributed by atoms with Crippen molar-refractivity contribution < 1.29 is 4.79 Å². The lowest BCUT2D eigenvalue weighted by molar-refractivity contribution is -0.115. The van der Waals surface area contributed by atoms with Gasteiger partial charge < -0.3 is 5.73 Å². The molecule has 5 nitrogen and oxygen atoms in total. The van der Waals surface area contributed by atoms with Crippen LogP contribution in [0.2, 0.25) is 5.15 Å². The van der Waals surface area contributed by atoms with Gasteiger partial charge in [-0.1, -0.05) is 52.5 Å². The Hall–Kier alpha value is -0.830. The van der Waals surface area contributed by atoms with Crippen LogP contribution in [0.1, 0.15) is 5.56 Å². The number of carbonyl (C=O) groups is 1. The third-order valence-corrected chi connectivity index (χ3v) is 5.38. The molecule has 2 aromatic rings. The lowest BCUT2D eigenvalue weighted by Crippen LogP contribution is -2.12. The molecule has 0 radical (unpaired) electrons. The first-order chi connectivity index (χ1) is 9.13. The Morgan fingerprint density at radius 2 is 2.05 bits per heavy atom. The normalized spacial score (nSPS) is 10.6. The van der Waals surface area contributed by atoms with Gasteiger partial charge >= 0.3 is 0 Å². The molecule has 2 N–H and O–H groups in total. The molecule has 0 aliphatic heterocycles. The van der Waals surface area contributed by atoms with Crippen LogP contribution in [0.3, 0.4) is 0 Å². The first-order valence-corrected chi connectivity index (χ1v) is 8.28. The summed E-state index contributed by atoms with van der Waals surface area (Å²) < 4.78 is 1.59. The average Bonchev–Trinajstić information content (AvgIpc) is 2.84. The topological polar surface area (TPSA) is 81.8 Å². The minimum absolute atomic E-state index is 0.223. The number of nitrogens with two attached hydrogens (primary N) is 1. The van der Waals surface area contributed by atoms with E-state index in [1.54, 1.807) is 24.0 Å². The second-order valence-corrected chi connectivity index (χ2v) is 7.18. The van der Waals surface area contributed by atoms with Crippen molar-refractivity contribution in [2.24, 2.45) is 5.73 Å². The van der Waals surface area contributed by atoms with E-state index in [-0.39, 0.29) is 11.7 Å². The highest BCUT2D eigenvalue weighted by molar-refractivity contribution is 8.03. The van der Waals surface area contributed by atoms with E-state index in [1.807, 2.05) is 6.07 Å². The summed E-state index contributed by atoms with van der Waals surface area (Å²) in [5, 5.41) is 8.50. The summed E-state index contributed by atoms with van der Waals surface area (Å²) in [6, 6.07) is 3.68. The van der Waals surface area contributed by atoms with E-state index in [0.29, 0.717) is 5.15 Å². The van der Waals surface area contributed by atoms with Gasteiger partial charge in [-0.05, 0) is 11.6 Å². The van der Waals surface area contributed by atoms with Gasteiger partial charge in [0.2, 0.25) is 5.91 Å². The maximum absolute atomic E-state index is 10.7. The quantitative estimate of drug-likeness (QED) is 0.646. The third kappa shape index (κ3) is 4.98. The number of hydrogen-bond acceptors (Lipinski definition) is 7. The molecule has 100 valence electrons. The molecule has 2 aromatic heterocycles. The summed E-state index contributed by atoms with van der Waals surface area (Å²) >= 11 is 10.0. The van der Waals surface area contributed by atoms with Crippen molar-refractivity contribution in [3.8, 4) is 0 Å². The summed E-state index contributed by atoms with van der Waals surface area (Å²) in [5.41, 5.74) is 6.13. The number of pyridine rings is 1. The van der Waals surface area contributed by atoms with E-state index in [1.165, 1.54) is 23.1 Å². The molecule has 9 heteroatoms. The van der Waals surface area contributed by atoms with Gasteiger partial charge in [0.1, 0.15) is 5.15 Å². The van der Waals surface area contributed by atoms with Crippen LogP contribution in [0.15, 0.2) is 27.0 Å². The molecule has 1 amide bonds. The van der Waals surface area contributed by atoms with Crippen molar-refractivity contribution >= 4 is 52.4 Å². The fraction of sp³-hybridized carbons (Fsp3) is 0.200. The molecule has 2 heterocycles. The smallest absolute Gasteiger partial charge is 0.227 e. The Balaban J connectivity index is 1.86. The molecular formula is C10H9ClN4OS3. The number of thioether (sulfide) groups is 2. The van der Waals surface area contributed by atoms with Crippen molar-refractivity contribution in [3.05, 3.63) is 29.0 Å². The molecule has 0 bridgehead atoms. The molecule has 0 spiro atoms. The van der Waals surface area contributed by atoms with Crippen molar-refractivity contribution in [1.29, 1.82) is 0 Å². The SMILES string of the molecule is NC(=O)CSc1nnc(SCc2ccc(Cl)nc2)s1. The Morgan fingerprint density at radius 3 is 2.68 bits per heavy atom. The monoisotopic (exact) mass is 332 g/mol. The number of carbonyl (C=O) groups excluding carboxylic acids is 1. The van der Waals surface area contributed by atoms with Gasteiger partial charge in [-0.2, -0.15) is 0 Å². The van der Waals surface area contributed by atoms with Crippen LogP contribution in [-0.4, -0.2) is 26.8 Å². The summed E-state index contributed by atoms with van der Waals surface area (Å²) in [6.45, 7) is 0. The molecule has 0 aromatic carbocycles. The van der Waals surface area contributed by atoms with Crippen LogP contribution in [0.5, 0.6) is 0 Å². The largest absolute Gasteiger partial charge is 0.369 e. The summed E-state index contributed by atoms with van der Waals surface area (Å²) in [6.07, 6.45) is 1.74. The van der Waals surface area contributed by atoms with Crippen molar-refractivity contribution in [2.75, 3.05) is 5.75 Å². The number of nitrogens with zero attached hydrogens (tertiary/aromatic N) is 3. The third-order valence-electron chi connectivity index (χ3n) is 1.88. The van der Waals surface area contributed by atoms with Gasteiger partial charge in [0.25, 0.3) is 0 Å². The standard InChI is InChI=1S/C10H9ClN4OS3/c11-7-2-1-6(3-13-7)4-17-9-14-15-10(19-9)18-5-8(12)16/h1-3H,4-5H2,(H2,12,16). The molecule has 0 atom stereocenters. The molecule has 0 aliphatic carbocycles. The van der Waals surface area contributed by atoms with Gasteiger partial charge in [0, 0.05) is 11.9 Å². The minimum Gasteiger partial charge on any atom is -0.369 e. The lowest BCUT2D eigenvalue weighted by Gasteiger charge is -1.97. The summed E-state index contributed by atoms with van der Waals surface area (Å²) in [5.74, 6) is 0.612. The van der Waals surface area contributed by atoms with Gasteiger partial charge in [-0.25, -0.2) is 4.98 Å². The number of aromatic nitrogens is 3. The van der Waals surface area contributed by atoms with Crippen LogP contribution < -0.4 is 5.73 Å². The number of halogens is 1. The van der Waals surface area contributed by atoms with Crippen molar-refractivity contribution in [2.45, 2.75) is 14.4 Å². The van der Waals surface area contributed by atoms with Crippen molar-refractivity contribution in [1.82, 2.24) is 15.2 Å². The lowest BCUT2D eigenvalue weighted by atomic mass is 10.3. The second kappa shape index (κ2) is 7.09. The fourth-order valence-electron chi connectivity index (χ4n) is 1.08. The Morgan fingerprint density at radius 1 is 1.32 bits per heavy atom. The fourth-order valence-corrected chi connectivity index (χ4v) is 3.89. The van der Waals surface area contributed by atoms with Gasteiger partial charge in [0.05, 0.1) is 5.75 Å². The van der Waals surface area contributed by atoms with Gasteiger partial charge in [0.15, 0.2) is 8.68 Å². The predicted octanol–water partition coefficient (Wildman–Crippen LogP) is 2.46. The molecule has 0 fully saturated rings. The first-order valence-electron chi connectivity index (χ1n) is 5.11. The Kier molecular flexibility index (Phi) is 5.44. The number of hydrogen-bond donors (Lipinski definition) is 1. The van der Waals surface area contributed by atoms with E-state index >= 15 is 0 Å².